The summed E-state index contributed by atoms with van der Waals surface area (Å²) in [7, 11) is 0. The molecule has 1 fully saturated rings. The van der Waals surface area contributed by atoms with Crippen LogP contribution in [0.4, 0.5) is 10.3 Å². The molecule has 0 radical (unpaired) electrons. The highest BCUT2D eigenvalue weighted by molar-refractivity contribution is 7.18. The summed E-state index contributed by atoms with van der Waals surface area (Å²) < 4.78 is 5.37. The van der Waals surface area contributed by atoms with Crippen LogP contribution in [0.1, 0.15) is 47.0 Å². The molecule has 0 amide bonds. The van der Waals surface area contributed by atoms with Crippen LogP contribution in [0.25, 0.3) is 0 Å². The molecule has 0 aliphatic carbocycles. The van der Waals surface area contributed by atoms with Gasteiger partial charge in [-0.15, -0.1) is 10.2 Å². The molecule has 1 aliphatic rings. The zero-order valence-electron chi connectivity index (χ0n) is 13.2. The van der Waals surface area contributed by atoms with Gasteiger partial charge in [0.05, 0.1) is 0 Å². The number of aromatic nitrogens is 2. The Morgan fingerprint density at radius 1 is 1.48 bits per heavy atom. The van der Waals surface area contributed by atoms with Gasteiger partial charge < -0.3 is 15.4 Å². The van der Waals surface area contributed by atoms with E-state index in [2.05, 4.69) is 22.0 Å². The van der Waals surface area contributed by atoms with Crippen molar-refractivity contribution in [1.29, 1.82) is 0 Å². The predicted molar refractivity (Wildman–Crippen MR) is 84.3 cm³/mol. The largest absolute Gasteiger partial charge is 0.460 e. The number of nitrogens with zero attached hydrogens (tertiary/aromatic N) is 3. The minimum Gasteiger partial charge on any atom is -0.460 e. The van der Waals surface area contributed by atoms with Gasteiger partial charge in [0.25, 0.3) is 0 Å². The molecule has 1 aromatic rings. The number of carbonyl (C=O) groups excluding carboxylic acids is 1. The average Bonchev–Trinajstić information content (AvgIpc) is 2.92. The molecule has 0 spiro atoms. The Kier molecular flexibility index (Phi) is 4.41. The lowest BCUT2D eigenvalue weighted by molar-refractivity contribution is -0.155. The molecular weight excluding hydrogens is 288 g/mol. The van der Waals surface area contributed by atoms with E-state index in [1.165, 1.54) is 11.3 Å². The Morgan fingerprint density at radius 2 is 2.19 bits per heavy atom. The maximum absolute atomic E-state index is 11.8. The second-order valence-electron chi connectivity index (χ2n) is 6.99. The highest BCUT2D eigenvalue weighted by atomic mass is 32.1. The summed E-state index contributed by atoms with van der Waals surface area (Å²) in [5.41, 5.74) is 5.32. The molecule has 2 heterocycles. The quantitative estimate of drug-likeness (QED) is 0.860. The van der Waals surface area contributed by atoms with Crippen LogP contribution < -0.4 is 10.6 Å². The minimum atomic E-state index is -0.413. The van der Waals surface area contributed by atoms with Crippen LogP contribution in [0.3, 0.4) is 0 Å². The van der Waals surface area contributed by atoms with E-state index in [0.29, 0.717) is 11.6 Å². The Hall–Kier alpha value is -1.37. The van der Waals surface area contributed by atoms with Crippen molar-refractivity contribution in [3.05, 3.63) is 0 Å². The molecule has 1 unspecified atom stereocenters. The monoisotopic (exact) mass is 312 g/mol. The average molecular weight is 312 g/mol. The summed E-state index contributed by atoms with van der Waals surface area (Å²) in [6.07, 6.45) is 2.32. The smallest absolute Gasteiger partial charge is 0.306 e. The number of ether oxygens (including phenoxy) is 1. The zero-order chi connectivity index (χ0) is 15.7. The standard InChI is InChI=1S/C14H24N4O2S/c1-13(2,3)20-10(19)5-6-14(4)7-8-18(9-14)12-17-16-11(15)21-12/h5-9H2,1-4H3,(H2,15,16). The van der Waals surface area contributed by atoms with Crippen molar-refractivity contribution < 1.29 is 9.53 Å². The van der Waals surface area contributed by atoms with Gasteiger partial charge in [-0.2, -0.15) is 0 Å². The fraction of sp³-hybridized carbons (Fsp3) is 0.786. The van der Waals surface area contributed by atoms with E-state index in [-0.39, 0.29) is 11.4 Å². The van der Waals surface area contributed by atoms with Crippen molar-refractivity contribution in [2.24, 2.45) is 5.41 Å². The third-order valence-corrected chi connectivity index (χ3v) is 4.42. The highest BCUT2D eigenvalue weighted by Gasteiger charge is 2.35. The van der Waals surface area contributed by atoms with Gasteiger partial charge in [0, 0.05) is 19.5 Å². The fourth-order valence-electron chi connectivity index (χ4n) is 2.54. The first-order valence-corrected chi connectivity index (χ1v) is 8.04. The van der Waals surface area contributed by atoms with Crippen molar-refractivity contribution in [3.63, 3.8) is 0 Å². The van der Waals surface area contributed by atoms with E-state index in [0.717, 1.165) is 31.1 Å². The van der Waals surface area contributed by atoms with Crippen molar-refractivity contribution in [2.75, 3.05) is 23.7 Å². The molecule has 1 aromatic heterocycles. The first-order valence-electron chi connectivity index (χ1n) is 7.23. The summed E-state index contributed by atoms with van der Waals surface area (Å²) >= 11 is 1.41. The van der Waals surface area contributed by atoms with Gasteiger partial charge in [0.15, 0.2) is 0 Å². The summed E-state index contributed by atoms with van der Waals surface area (Å²) in [4.78, 5) is 14.0. The summed E-state index contributed by atoms with van der Waals surface area (Å²) in [5, 5.41) is 9.30. The molecule has 2 N–H and O–H groups in total. The van der Waals surface area contributed by atoms with Crippen LogP contribution in [0.5, 0.6) is 0 Å². The van der Waals surface area contributed by atoms with Gasteiger partial charge >= 0.3 is 5.97 Å². The second kappa shape index (κ2) is 5.79. The van der Waals surface area contributed by atoms with E-state index in [4.69, 9.17) is 10.5 Å². The molecule has 7 heteroatoms. The Bertz CT molecular complexity index is 511. The number of hydrogen-bond donors (Lipinski definition) is 1. The fourth-order valence-corrected chi connectivity index (χ4v) is 3.18. The predicted octanol–water partition coefficient (Wildman–Crippen LogP) is 2.46. The lowest BCUT2D eigenvalue weighted by Crippen LogP contribution is -2.27. The molecule has 2 rings (SSSR count). The zero-order valence-corrected chi connectivity index (χ0v) is 14.0. The van der Waals surface area contributed by atoms with Crippen molar-refractivity contribution >= 4 is 27.6 Å². The van der Waals surface area contributed by atoms with Crippen LogP contribution in [-0.2, 0) is 9.53 Å². The van der Waals surface area contributed by atoms with Gasteiger partial charge in [-0.3, -0.25) is 4.79 Å². The van der Waals surface area contributed by atoms with Gasteiger partial charge in [0.2, 0.25) is 10.3 Å². The van der Waals surface area contributed by atoms with Crippen LogP contribution >= 0.6 is 11.3 Å². The molecule has 0 bridgehead atoms. The number of rotatable bonds is 4. The van der Waals surface area contributed by atoms with Crippen molar-refractivity contribution in [2.45, 2.75) is 52.6 Å². The minimum absolute atomic E-state index is 0.108. The van der Waals surface area contributed by atoms with E-state index in [1.807, 2.05) is 20.8 Å². The molecule has 1 saturated heterocycles. The summed E-state index contributed by atoms with van der Waals surface area (Å²) in [5.74, 6) is -0.123. The number of nitrogens with two attached hydrogens (primary N) is 1. The van der Waals surface area contributed by atoms with Crippen LogP contribution in [-0.4, -0.2) is 34.9 Å². The Labute approximate surface area is 129 Å². The lowest BCUT2D eigenvalue weighted by Gasteiger charge is -2.25. The number of hydrogen-bond acceptors (Lipinski definition) is 7. The molecule has 118 valence electrons. The van der Waals surface area contributed by atoms with E-state index < -0.39 is 5.60 Å². The number of nitrogen functional groups attached to an aromatic ring is 1. The van der Waals surface area contributed by atoms with Gasteiger partial charge in [-0.25, -0.2) is 0 Å². The van der Waals surface area contributed by atoms with Gasteiger partial charge in [0.1, 0.15) is 5.60 Å². The maximum Gasteiger partial charge on any atom is 0.306 e. The van der Waals surface area contributed by atoms with E-state index >= 15 is 0 Å². The molecule has 0 aromatic carbocycles. The molecule has 1 aliphatic heterocycles. The van der Waals surface area contributed by atoms with E-state index in [1.54, 1.807) is 0 Å². The van der Waals surface area contributed by atoms with Crippen molar-refractivity contribution in [1.82, 2.24) is 10.2 Å². The molecule has 21 heavy (non-hydrogen) atoms. The van der Waals surface area contributed by atoms with Gasteiger partial charge in [-0.05, 0) is 39.0 Å². The Balaban J connectivity index is 1.85. The topological polar surface area (TPSA) is 81.3 Å². The number of carbonyl (C=O) groups is 1. The molecular formula is C14H24N4O2S. The lowest BCUT2D eigenvalue weighted by atomic mass is 9.85. The second-order valence-corrected chi connectivity index (χ2v) is 7.98. The Morgan fingerprint density at radius 3 is 2.76 bits per heavy atom. The molecule has 1 atom stereocenters. The molecule has 6 nitrogen and oxygen atoms in total. The SMILES string of the molecule is CC1(CCC(=O)OC(C)(C)C)CCN(c2nnc(N)s2)C1. The normalized spacial score (nSPS) is 22.6. The first kappa shape index (κ1) is 16.0. The third-order valence-electron chi connectivity index (χ3n) is 3.61. The summed E-state index contributed by atoms with van der Waals surface area (Å²) in [6, 6.07) is 0. The number of anilines is 2. The maximum atomic E-state index is 11.8. The third kappa shape index (κ3) is 4.56. The highest BCUT2D eigenvalue weighted by Crippen LogP contribution is 2.38. The number of esters is 1. The van der Waals surface area contributed by atoms with Crippen LogP contribution in [0.2, 0.25) is 0 Å². The van der Waals surface area contributed by atoms with Gasteiger partial charge in [-0.1, -0.05) is 18.3 Å². The molecule has 0 saturated carbocycles. The van der Waals surface area contributed by atoms with E-state index in [9.17, 15) is 4.79 Å². The summed E-state index contributed by atoms with van der Waals surface area (Å²) in [6.45, 7) is 9.70. The van der Waals surface area contributed by atoms with Crippen molar-refractivity contribution in [3.8, 4) is 0 Å². The first-order chi connectivity index (χ1) is 9.67. The van der Waals surface area contributed by atoms with Crippen LogP contribution in [0.15, 0.2) is 0 Å². The van der Waals surface area contributed by atoms with Crippen LogP contribution in [0, 0.1) is 5.41 Å².